The van der Waals surface area contributed by atoms with E-state index in [-0.39, 0.29) is 6.04 Å². The molecule has 1 aromatic rings. The molecule has 96 valence electrons. The molecule has 0 saturated carbocycles. The summed E-state index contributed by atoms with van der Waals surface area (Å²) in [6.07, 6.45) is 0.569. The molecule has 0 bridgehead atoms. The number of benzene rings is 1. The smallest absolute Gasteiger partial charge is 0.0638 e. The number of nitriles is 1. The van der Waals surface area contributed by atoms with Gasteiger partial charge in [0.2, 0.25) is 0 Å². The van der Waals surface area contributed by atoms with Crippen LogP contribution in [0.3, 0.4) is 0 Å². The van der Waals surface area contributed by atoms with Crippen LogP contribution in [0.1, 0.15) is 13.3 Å². The van der Waals surface area contributed by atoms with Gasteiger partial charge in [-0.15, -0.1) is 0 Å². The van der Waals surface area contributed by atoms with E-state index in [1.54, 1.807) is 0 Å². The molecule has 1 saturated heterocycles. The Labute approximate surface area is 117 Å². The van der Waals surface area contributed by atoms with E-state index in [4.69, 9.17) is 5.26 Å². The summed E-state index contributed by atoms with van der Waals surface area (Å²) in [4.78, 5) is 2.37. The van der Waals surface area contributed by atoms with Crippen LogP contribution in [-0.4, -0.2) is 25.7 Å². The molecule has 1 N–H and O–H groups in total. The van der Waals surface area contributed by atoms with Crippen molar-refractivity contribution in [1.29, 1.82) is 5.26 Å². The van der Waals surface area contributed by atoms with Gasteiger partial charge in [0, 0.05) is 29.3 Å². The molecule has 2 unspecified atom stereocenters. The van der Waals surface area contributed by atoms with E-state index in [0.717, 1.165) is 24.1 Å². The Morgan fingerprint density at radius 3 is 2.78 bits per heavy atom. The lowest BCUT2D eigenvalue weighted by molar-refractivity contribution is 0.509. The quantitative estimate of drug-likeness (QED) is 0.913. The van der Waals surface area contributed by atoms with Crippen LogP contribution in [-0.2, 0) is 0 Å². The van der Waals surface area contributed by atoms with Crippen LogP contribution in [0.5, 0.6) is 0 Å². The molecule has 18 heavy (non-hydrogen) atoms. The van der Waals surface area contributed by atoms with Gasteiger partial charge in [0.15, 0.2) is 0 Å². The van der Waals surface area contributed by atoms with E-state index in [2.05, 4.69) is 63.4 Å². The third-order valence-corrected chi connectivity index (χ3v) is 3.79. The Bertz CT molecular complexity index is 424. The first-order chi connectivity index (χ1) is 8.69. The maximum Gasteiger partial charge on any atom is 0.0638 e. The van der Waals surface area contributed by atoms with Gasteiger partial charge in [-0.2, -0.15) is 5.26 Å². The summed E-state index contributed by atoms with van der Waals surface area (Å²) in [5.41, 5.74) is 1.23. The second-order valence-electron chi connectivity index (χ2n) is 4.95. The number of anilines is 1. The summed E-state index contributed by atoms with van der Waals surface area (Å²) in [6, 6.07) is 10.9. The fourth-order valence-corrected chi connectivity index (χ4v) is 2.59. The van der Waals surface area contributed by atoms with Crippen molar-refractivity contribution >= 4 is 21.6 Å². The van der Waals surface area contributed by atoms with Crippen LogP contribution in [0.2, 0.25) is 0 Å². The van der Waals surface area contributed by atoms with Gasteiger partial charge in [-0.3, -0.25) is 0 Å². The van der Waals surface area contributed by atoms with Crippen molar-refractivity contribution in [1.82, 2.24) is 5.32 Å². The lowest BCUT2D eigenvalue weighted by Crippen LogP contribution is -2.37. The zero-order valence-corrected chi connectivity index (χ0v) is 12.2. The summed E-state index contributed by atoms with van der Waals surface area (Å²) in [5, 5.41) is 12.3. The maximum atomic E-state index is 8.85. The Balaban J connectivity index is 2.13. The standard InChI is InChI=1S/C14H18BrN3/c1-11-8-17-13(6-7-16)10-18(9-11)14-4-2-12(15)3-5-14/h2-5,11,13,17H,6,8-10H2,1H3. The van der Waals surface area contributed by atoms with Crippen molar-refractivity contribution in [3.8, 4) is 6.07 Å². The van der Waals surface area contributed by atoms with Gasteiger partial charge in [0.1, 0.15) is 0 Å². The van der Waals surface area contributed by atoms with Gasteiger partial charge >= 0.3 is 0 Å². The molecule has 3 nitrogen and oxygen atoms in total. The van der Waals surface area contributed by atoms with Gasteiger partial charge in [-0.1, -0.05) is 22.9 Å². The summed E-state index contributed by atoms with van der Waals surface area (Å²) in [7, 11) is 0. The van der Waals surface area contributed by atoms with Gasteiger partial charge in [0.05, 0.1) is 12.5 Å². The molecule has 2 atom stereocenters. The van der Waals surface area contributed by atoms with Gasteiger partial charge in [-0.25, -0.2) is 0 Å². The van der Waals surface area contributed by atoms with Gasteiger partial charge in [-0.05, 0) is 36.7 Å². The molecule has 2 rings (SSSR count). The average Bonchev–Trinajstić information content (AvgIpc) is 2.53. The minimum atomic E-state index is 0.267. The molecule has 1 aliphatic heterocycles. The Hall–Kier alpha value is -1.05. The lowest BCUT2D eigenvalue weighted by atomic mass is 10.1. The molecular formula is C14H18BrN3. The van der Waals surface area contributed by atoms with Crippen molar-refractivity contribution in [3.63, 3.8) is 0 Å². The molecule has 0 amide bonds. The SMILES string of the molecule is CC1CNC(CC#N)CN(c2ccc(Br)cc2)C1. The lowest BCUT2D eigenvalue weighted by Gasteiger charge is -2.26. The second-order valence-corrected chi connectivity index (χ2v) is 5.87. The molecule has 4 heteroatoms. The van der Waals surface area contributed by atoms with Crippen LogP contribution in [0.25, 0.3) is 0 Å². The highest BCUT2D eigenvalue weighted by Gasteiger charge is 2.21. The fourth-order valence-electron chi connectivity index (χ4n) is 2.32. The molecule has 0 aromatic heterocycles. The molecule has 0 aliphatic carbocycles. The molecule has 1 fully saturated rings. The minimum absolute atomic E-state index is 0.267. The third-order valence-electron chi connectivity index (χ3n) is 3.26. The predicted molar refractivity (Wildman–Crippen MR) is 77.5 cm³/mol. The number of nitrogens with zero attached hydrogens (tertiary/aromatic N) is 2. The Kier molecular flexibility index (Phi) is 4.62. The molecule has 1 aliphatic rings. The van der Waals surface area contributed by atoms with E-state index in [1.807, 2.05) is 0 Å². The van der Waals surface area contributed by atoms with Gasteiger partial charge in [0.25, 0.3) is 0 Å². The Morgan fingerprint density at radius 1 is 1.39 bits per heavy atom. The first-order valence-corrected chi connectivity index (χ1v) is 7.09. The van der Waals surface area contributed by atoms with E-state index < -0.39 is 0 Å². The molecule has 1 aromatic carbocycles. The number of rotatable bonds is 2. The van der Waals surface area contributed by atoms with Crippen molar-refractivity contribution in [2.75, 3.05) is 24.5 Å². The summed E-state index contributed by atoms with van der Waals surface area (Å²) in [6.45, 7) is 5.17. The number of nitrogens with one attached hydrogen (secondary N) is 1. The zero-order valence-electron chi connectivity index (χ0n) is 10.6. The summed E-state index contributed by atoms with van der Waals surface area (Å²) >= 11 is 3.46. The first-order valence-electron chi connectivity index (χ1n) is 6.30. The highest BCUT2D eigenvalue weighted by molar-refractivity contribution is 9.10. The van der Waals surface area contributed by atoms with Crippen LogP contribution in [0.15, 0.2) is 28.7 Å². The molecule has 1 heterocycles. The highest BCUT2D eigenvalue weighted by atomic mass is 79.9. The van der Waals surface area contributed by atoms with Gasteiger partial charge < -0.3 is 10.2 Å². The number of hydrogen-bond acceptors (Lipinski definition) is 3. The topological polar surface area (TPSA) is 39.1 Å². The van der Waals surface area contributed by atoms with Crippen LogP contribution < -0.4 is 10.2 Å². The van der Waals surface area contributed by atoms with E-state index >= 15 is 0 Å². The largest absolute Gasteiger partial charge is 0.370 e. The van der Waals surface area contributed by atoms with E-state index in [1.165, 1.54) is 5.69 Å². The molecule has 0 spiro atoms. The summed E-state index contributed by atoms with van der Waals surface area (Å²) < 4.78 is 1.10. The Morgan fingerprint density at radius 2 is 2.11 bits per heavy atom. The van der Waals surface area contributed by atoms with Crippen LogP contribution in [0, 0.1) is 17.2 Å². The minimum Gasteiger partial charge on any atom is -0.370 e. The summed E-state index contributed by atoms with van der Waals surface area (Å²) in [5.74, 6) is 0.595. The second kappa shape index (κ2) is 6.21. The van der Waals surface area contributed by atoms with E-state index in [9.17, 15) is 0 Å². The van der Waals surface area contributed by atoms with E-state index in [0.29, 0.717) is 12.3 Å². The highest BCUT2D eigenvalue weighted by Crippen LogP contribution is 2.21. The third kappa shape index (κ3) is 3.47. The normalized spacial score (nSPS) is 24.4. The number of halogens is 1. The fraction of sp³-hybridized carbons (Fsp3) is 0.500. The average molecular weight is 308 g/mol. The zero-order chi connectivity index (χ0) is 13.0. The maximum absolute atomic E-state index is 8.85. The van der Waals surface area contributed by atoms with Crippen LogP contribution >= 0.6 is 15.9 Å². The monoisotopic (exact) mass is 307 g/mol. The van der Waals surface area contributed by atoms with Crippen molar-refractivity contribution < 1.29 is 0 Å². The molecule has 0 radical (unpaired) electrons. The first kappa shape index (κ1) is 13.4. The predicted octanol–water partition coefficient (Wildman–Crippen LogP) is 2.78. The van der Waals surface area contributed by atoms with Crippen LogP contribution in [0.4, 0.5) is 5.69 Å². The van der Waals surface area contributed by atoms with Crippen molar-refractivity contribution in [2.24, 2.45) is 5.92 Å². The van der Waals surface area contributed by atoms with Crippen molar-refractivity contribution in [2.45, 2.75) is 19.4 Å². The molecular weight excluding hydrogens is 290 g/mol. The number of hydrogen-bond donors (Lipinski definition) is 1. The van der Waals surface area contributed by atoms with Crippen molar-refractivity contribution in [3.05, 3.63) is 28.7 Å².